The number of imidazole rings is 1. The Kier molecular flexibility index (Phi) is 7.62. The van der Waals surface area contributed by atoms with Gasteiger partial charge in [-0.3, -0.25) is 4.79 Å². The van der Waals surface area contributed by atoms with Crippen molar-refractivity contribution in [2.45, 2.75) is 51.9 Å². The molecule has 0 aromatic carbocycles. The number of H-pyrrole nitrogens is 1. The van der Waals surface area contributed by atoms with Gasteiger partial charge >= 0.3 is 12.1 Å². The van der Waals surface area contributed by atoms with Gasteiger partial charge in [-0.2, -0.15) is 13.2 Å². The molecule has 1 saturated heterocycles. The molecule has 1 aliphatic heterocycles. The molecule has 33 heavy (non-hydrogen) atoms. The van der Waals surface area contributed by atoms with Gasteiger partial charge in [0.2, 0.25) is 0 Å². The van der Waals surface area contributed by atoms with Gasteiger partial charge in [0.05, 0.1) is 24.4 Å². The van der Waals surface area contributed by atoms with E-state index in [0.29, 0.717) is 35.2 Å². The van der Waals surface area contributed by atoms with Crippen LogP contribution < -0.4 is 10.2 Å². The zero-order chi connectivity index (χ0) is 24.3. The lowest BCUT2D eigenvalue weighted by molar-refractivity contribution is -0.141. The number of alkyl halides is 3. The lowest BCUT2D eigenvalue weighted by Crippen LogP contribution is -2.55. The average molecular weight is 490 g/mol. The molecule has 2 N–H and O–H groups in total. The van der Waals surface area contributed by atoms with Gasteiger partial charge in [0.25, 0.3) is 5.91 Å². The maximum Gasteiger partial charge on any atom is 0.435 e. The van der Waals surface area contributed by atoms with Crippen molar-refractivity contribution >= 4 is 28.3 Å². The van der Waals surface area contributed by atoms with E-state index in [1.165, 1.54) is 18.4 Å². The first-order valence-electron chi connectivity index (χ1n) is 10.5. The minimum atomic E-state index is -4.64. The Labute approximate surface area is 192 Å². The Morgan fingerprint density at radius 3 is 2.61 bits per heavy atom. The van der Waals surface area contributed by atoms with E-state index < -0.39 is 35.9 Å². The molecule has 3 heterocycles. The number of amides is 1. The number of esters is 1. The number of piperidine rings is 1. The number of hydrogen-bond donors (Lipinski definition) is 2. The normalized spacial score (nSPS) is 18.9. The second-order valence-electron chi connectivity index (χ2n) is 7.48. The number of anilines is 1. The Hall–Kier alpha value is -2.67. The van der Waals surface area contributed by atoms with Crippen molar-refractivity contribution in [1.29, 1.82) is 0 Å². The summed E-state index contributed by atoms with van der Waals surface area (Å²) in [6.07, 6.45) is -4.56. The molecule has 0 radical (unpaired) electrons. The summed E-state index contributed by atoms with van der Waals surface area (Å²) in [6, 6.07) is -0.436. The molecule has 0 saturated carbocycles. The van der Waals surface area contributed by atoms with Gasteiger partial charge in [-0.25, -0.2) is 14.8 Å². The van der Waals surface area contributed by atoms with Crippen LogP contribution in [0, 0.1) is 6.92 Å². The smallest absolute Gasteiger partial charge is 0.435 e. The number of rotatable bonds is 7. The summed E-state index contributed by atoms with van der Waals surface area (Å²) in [6.45, 7) is 6.16. The summed E-state index contributed by atoms with van der Waals surface area (Å²) < 4.78 is 50.0. The summed E-state index contributed by atoms with van der Waals surface area (Å²) in [5.74, 6) is -1.53. The van der Waals surface area contributed by atoms with Crippen molar-refractivity contribution < 1.29 is 32.2 Å². The number of nitrogens with zero attached hydrogens (tertiary/aromatic N) is 3. The third kappa shape index (κ3) is 5.46. The Balaban J connectivity index is 1.70. The molecule has 2 aromatic heterocycles. The molecule has 1 fully saturated rings. The number of thiazole rings is 1. The van der Waals surface area contributed by atoms with Crippen LogP contribution in [0.15, 0.2) is 0 Å². The van der Waals surface area contributed by atoms with Crippen molar-refractivity contribution in [2.75, 3.05) is 31.7 Å². The SMILES string of the molecule is CCOC(=O)c1sc(N2CC[C@@H](NC(=O)c3nc(C(F)(F)F)c(CC)[nH]3)[C@@H](OC)C2)nc1C. The van der Waals surface area contributed by atoms with Gasteiger partial charge in [-0.15, -0.1) is 0 Å². The molecule has 0 unspecified atom stereocenters. The highest BCUT2D eigenvalue weighted by molar-refractivity contribution is 7.17. The molecule has 2 aromatic rings. The standard InChI is InChI=1S/C20H26F3N5O4S/c1-5-11-15(20(21,22)23)27-16(25-11)17(29)26-12-7-8-28(9-13(12)31-4)19-24-10(3)14(33-19)18(30)32-6-2/h12-13H,5-9H2,1-4H3,(H,25,27)(H,26,29)/t12-,13+/m1/s1. The zero-order valence-corrected chi connectivity index (χ0v) is 19.5. The van der Waals surface area contributed by atoms with Crippen LogP contribution in [0.5, 0.6) is 0 Å². The monoisotopic (exact) mass is 489 g/mol. The lowest BCUT2D eigenvalue weighted by Gasteiger charge is -2.37. The van der Waals surface area contributed by atoms with Crippen molar-refractivity contribution in [3.05, 3.63) is 27.8 Å². The van der Waals surface area contributed by atoms with Crippen molar-refractivity contribution in [2.24, 2.45) is 0 Å². The first kappa shape index (κ1) is 25.0. The van der Waals surface area contributed by atoms with E-state index in [1.54, 1.807) is 20.8 Å². The third-order valence-electron chi connectivity index (χ3n) is 5.31. The molecule has 182 valence electrons. The summed E-state index contributed by atoms with van der Waals surface area (Å²) in [5, 5.41) is 3.37. The van der Waals surface area contributed by atoms with Crippen LogP contribution in [-0.4, -0.2) is 65.8 Å². The highest BCUT2D eigenvalue weighted by Crippen LogP contribution is 2.31. The topological polar surface area (TPSA) is 109 Å². The number of ether oxygens (including phenoxy) is 2. The van der Waals surface area contributed by atoms with E-state index >= 15 is 0 Å². The summed E-state index contributed by atoms with van der Waals surface area (Å²) >= 11 is 1.22. The maximum atomic E-state index is 13.1. The van der Waals surface area contributed by atoms with E-state index in [1.807, 2.05) is 4.90 Å². The number of hydrogen-bond acceptors (Lipinski definition) is 8. The van der Waals surface area contributed by atoms with Gasteiger partial charge in [0, 0.05) is 25.9 Å². The molecular weight excluding hydrogens is 463 g/mol. The van der Waals surface area contributed by atoms with Crippen LogP contribution in [0.1, 0.15) is 57.6 Å². The third-order valence-corrected chi connectivity index (χ3v) is 6.51. The molecule has 2 atom stereocenters. The quantitative estimate of drug-likeness (QED) is 0.576. The van der Waals surface area contributed by atoms with Crippen molar-refractivity contribution in [1.82, 2.24) is 20.3 Å². The first-order chi connectivity index (χ1) is 15.6. The molecule has 0 aliphatic carbocycles. The van der Waals surface area contributed by atoms with E-state index in [-0.39, 0.29) is 24.5 Å². The Morgan fingerprint density at radius 1 is 1.30 bits per heavy atom. The number of nitrogens with one attached hydrogen (secondary N) is 2. The molecular formula is C20H26F3N5O4S. The number of carbonyl (C=O) groups excluding carboxylic acids is 2. The van der Waals surface area contributed by atoms with Crippen LogP contribution in [-0.2, 0) is 22.1 Å². The minimum absolute atomic E-state index is 0.0647. The number of aryl methyl sites for hydroxylation is 2. The van der Waals surface area contributed by atoms with Crippen LogP contribution in [0.3, 0.4) is 0 Å². The minimum Gasteiger partial charge on any atom is -0.462 e. The van der Waals surface area contributed by atoms with Gasteiger partial charge in [0.1, 0.15) is 4.88 Å². The second kappa shape index (κ2) is 10.1. The highest BCUT2D eigenvalue weighted by atomic mass is 32.1. The van der Waals surface area contributed by atoms with E-state index in [4.69, 9.17) is 9.47 Å². The number of aromatic nitrogens is 3. The van der Waals surface area contributed by atoms with E-state index in [0.717, 1.165) is 0 Å². The van der Waals surface area contributed by atoms with Crippen LogP contribution in [0.25, 0.3) is 0 Å². The van der Waals surface area contributed by atoms with E-state index in [2.05, 4.69) is 20.3 Å². The second-order valence-corrected chi connectivity index (χ2v) is 8.46. The fourth-order valence-corrected chi connectivity index (χ4v) is 4.64. The summed E-state index contributed by atoms with van der Waals surface area (Å²) in [7, 11) is 1.49. The van der Waals surface area contributed by atoms with Gasteiger partial charge in [-0.05, 0) is 26.7 Å². The molecule has 3 rings (SSSR count). The van der Waals surface area contributed by atoms with Crippen LogP contribution in [0.2, 0.25) is 0 Å². The lowest BCUT2D eigenvalue weighted by atomic mass is 10.0. The zero-order valence-electron chi connectivity index (χ0n) is 18.7. The van der Waals surface area contributed by atoms with Gasteiger partial charge in [-0.1, -0.05) is 18.3 Å². The number of carbonyl (C=O) groups is 2. The number of aromatic amines is 1. The van der Waals surface area contributed by atoms with Crippen LogP contribution >= 0.6 is 11.3 Å². The summed E-state index contributed by atoms with van der Waals surface area (Å²) in [5.41, 5.74) is -0.644. The first-order valence-corrected chi connectivity index (χ1v) is 11.3. The fourth-order valence-electron chi connectivity index (χ4n) is 3.64. The predicted octanol–water partition coefficient (Wildman–Crippen LogP) is 2.96. The molecule has 0 bridgehead atoms. The Bertz CT molecular complexity index is 1010. The average Bonchev–Trinajstić information content (AvgIpc) is 3.38. The van der Waals surface area contributed by atoms with E-state index in [9.17, 15) is 22.8 Å². The Morgan fingerprint density at radius 2 is 2.03 bits per heavy atom. The van der Waals surface area contributed by atoms with Crippen molar-refractivity contribution in [3.8, 4) is 0 Å². The van der Waals surface area contributed by atoms with Gasteiger partial charge < -0.3 is 24.7 Å². The molecule has 1 amide bonds. The van der Waals surface area contributed by atoms with Gasteiger partial charge in [0.15, 0.2) is 16.6 Å². The maximum absolute atomic E-state index is 13.1. The fraction of sp³-hybridized carbons (Fsp3) is 0.600. The van der Waals surface area contributed by atoms with Crippen molar-refractivity contribution in [3.63, 3.8) is 0 Å². The van der Waals surface area contributed by atoms with Crippen LogP contribution in [0.4, 0.5) is 18.3 Å². The molecule has 1 aliphatic rings. The number of halogens is 3. The predicted molar refractivity (Wildman–Crippen MR) is 115 cm³/mol. The number of methoxy groups -OCH3 is 1. The summed E-state index contributed by atoms with van der Waals surface area (Å²) in [4.78, 5) is 37.5. The molecule has 9 nitrogen and oxygen atoms in total. The highest BCUT2D eigenvalue weighted by Gasteiger charge is 2.38. The molecule has 13 heteroatoms. The molecule has 0 spiro atoms. The largest absolute Gasteiger partial charge is 0.462 e.